The van der Waals surface area contributed by atoms with Crippen molar-refractivity contribution in [3.05, 3.63) is 95.1 Å². The van der Waals surface area contributed by atoms with Crippen molar-refractivity contribution >= 4 is 22.9 Å². The van der Waals surface area contributed by atoms with Crippen molar-refractivity contribution in [2.24, 2.45) is 0 Å². The van der Waals surface area contributed by atoms with E-state index >= 15 is 0 Å². The Morgan fingerprint density at radius 3 is 2.11 bits per heavy atom. The van der Waals surface area contributed by atoms with Crippen molar-refractivity contribution < 1.29 is 14.3 Å². The number of ether oxygens (including phenoxy) is 1. The lowest BCUT2D eigenvalue weighted by atomic mass is 9.84. The molecule has 1 aromatic heterocycles. The third-order valence-electron chi connectivity index (χ3n) is 9.86. The van der Waals surface area contributed by atoms with Crippen molar-refractivity contribution in [3.8, 4) is 11.3 Å². The first-order valence-electron chi connectivity index (χ1n) is 17.3. The molecule has 0 unspecified atom stereocenters. The molecule has 248 valence electrons. The summed E-state index contributed by atoms with van der Waals surface area (Å²) in [5.74, 6) is 0.599. The average Bonchev–Trinajstić information content (AvgIpc) is 3.34. The summed E-state index contributed by atoms with van der Waals surface area (Å²) in [5.41, 5.74) is 8.46. The molecule has 3 aromatic carbocycles. The molecule has 47 heavy (non-hydrogen) atoms. The van der Waals surface area contributed by atoms with Gasteiger partial charge in [0.2, 0.25) is 5.91 Å². The lowest BCUT2D eigenvalue weighted by molar-refractivity contribution is -0.122. The Balaban J connectivity index is 1.20. The van der Waals surface area contributed by atoms with Crippen LogP contribution in [0.4, 0.5) is 4.79 Å². The zero-order valence-corrected chi connectivity index (χ0v) is 28.7. The number of nitrogens with one attached hydrogen (secondary N) is 1. The van der Waals surface area contributed by atoms with Crippen LogP contribution in [0.1, 0.15) is 74.6 Å². The molecule has 0 bridgehead atoms. The van der Waals surface area contributed by atoms with E-state index in [0.717, 1.165) is 49.2 Å². The van der Waals surface area contributed by atoms with Crippen LogP contribution >= 0.6 is 0 Å². The molecule has 2 fully saturated rings. The van der Waals surface area contributed by atoms with Crippen LogP contribution in [0.2, 0.25) is 0 Å². The van der Waals surface area contributed by atoms with Crippen molar-refractivity contribution in [3.63, 3.8) is 0 Å². The summed E-state index contributed by atoms with van der Waals surface area (Å²) in [4.78, 5) is 30.6. The van der Waals surface area contributed by atoms with E-state index in [1.54, 1.807) is 4.90 Å². The van der Waals surface area contributed by atoms with Crippen LogP contribution in [-0.2, 0) is 22.6 Å². The number of likely N-dealkylation sites (tertiary alicyclic amines) is 2. The van der Waals surface area contributed by atoms with Crippen molar-refractivity contribution in [2.45, 2.75) is 91.0 Å². The first kappa shape index (κ1) is 32.8. The average molecular weight is 635 g/mol. The van der Waals surface area contributed by atoms with Gasteiger partial charge in [-0.25, -0.2) is 4.79 Å². The number of para-hydroxylation sites is 1. The lowest BCUT2D eigenvalue weighted by Crippen LogP contribution is -2.48. The summed E-state index contributed by atoms with van der Waals surface area (Å²) in [6, 6.07) is 25.7. The Labute approximate surface area is 279 Å². The fourth-order valence-electron chi connectivity index (χ4n) is 7.65. The van der Waals surface area contributed by atoms with Gasteiger partial charge in [-0.15, -0.1) is 0 Å². The second-order valence-electron chi connectivity index (χ2n) is 14.5. The molecule has 7 heteroatoms. The lowest BCUT2D eigenvalue weighted by Gasteiger charge is -2.34. The summed E-state index contributed by atoms with van der Waals surface area (Å²) < 4.78 is 7.77. The van der Waals surface area contributed by atoms with E-state index in [2.05, 4.69) is 95.4 Å². The van der Waals surface area contributed by atoms with Gasteiger partial charge in [0.05, 0.1) is 5.69 Å². The monoisotopic (exact) mass is 634 g/mol. The van der Waals surface area contributed by atoms with E-state index in [1.807, 2.05) is 26.8 Å². The molecular weight excluding hydrogens is 584 g/mol. The maximum absolute atomic E-state index is 13.7. The van der Waals surface area contributed by atoms with Crippen molar-refractivity contribution in [1.82, 2.24) is 19.7 Å². The van der Waals surface area contributed by atoms with E-state index in [-0.39, 0.29) is 24.6 Å². The quantitative estimate of drug-likeness (QED) is 0.225. The van der Waals surface area contributed by atoms with Crippen molar-refractivity contribution in [1.29, 1.82) is 0 Å². The maximum Gasteiger partial charge on any atom is 0.410 e. The molecule has 2 amide bonds. The topological polar surface area (TPSA) is 66.8 Å². The van der Waals surface area contributed by atoms with Crippen LogP contribution < -0.4 is 5.32 Å². The van der Waals surface area contributed by atoms with E-state index in [0.29, 0.717) is 31.8 Å². The Morgan fingerprint density at radius 2 is 1.45 bits per heavy atom. The molecule has 7 nitrogen and oxygen atoms in total. The number of amides is 2. The van der Waals surface area contributed by atoms with Gasteiger partial charge in [-0.2, -0.15) is 0 Å². The summed E-state index contributed by atoms with van der Waals surface area (Å²) in [5, 5.41) is 4.50. The van der Waals surface area contributed by atoms with Gasteiger partial charge in [-0.3, -0.25) is 9.69 Å². The second kappa shape index (κ2) is 13.9. The summed E-state index contributed by atoms with van der Waals surface area (Å²) in [7, 11) is 0. The summed E-state index contributed by atoms with van der Waals surface area (Å²) in [6.07, 6.45) is 3.45. The molecule has 2 saturated heterocycles. The molecule has 1 N–H and O–H groups in total. The number of rotatable bonds is 7. The molecule has 0 aliphatic carbocycles. The number of aromatic nitrogens is 1. The fraction of sp³-hybridized carbons (Fsp3) is 0.450. The first-order valence-corrected chi connectivity index (χ1v) is 17.3. The number of piperidine rings is 2. The molecular formula is C40H50N4O3. The molecule has 0 radical (unpaired) electrons. The van der Waals surface area contributed by atoms with Crippen LogP contribution in [0.25, 0.3) is 22.2 Å². The van der Waals surface area contributed by atoms with Gasteiger partial charge in [0, 0.05) is 36.6 Å². The molecule has 0 saturated carbocycles. The summed E-state index contributed by atoms with van der Waals surface area (Å²) >= 11 is 0. The van der Waals surface area contributed by atoms with Crippen molar-refractivity contribution in [2.75, 3.05) is 26.2 Å². The number of fused-ring (bicyclic) bond motifs is 1. The SMILES string of the molecule is Cc1cccc(C)c1C1CCN(Cc2c(-c3ccccc3)n(CC(=O)NC3CCN(C(=O)OC(C)(C)C)CC3)c3ccccc23)CC1. The molecule has 2 aliphatic heterocycles. The fourth-order valence-corrected chi connectivity index (χ4v) is 7.65. The second-order valence-corrected chi connectivity index (χ2v) is 14.5. The first-order chi connectivity index (χ1) is 22.6. The van der Waals surface area contributed by atoms with Gasteiger partial charge >= 0.3 is 6.09 Å². The number of aryl methyl sites for hydroxylation is 2. The number of hydrogen-bond acceptors (Lipinski definition) is 4. The molecule has 4 aromatic rings. The largest absolute Gasteiger partial charge is 0.444 e. The van der Waals surface area contributed by atoms with Gasteiger partial charge in [0.15, 0.2) is 0 Å². The Morgan fingerprint density at radius 1 is 0.809 bits per heavy atom. The Kier molecular flexibility index (Phi) is 9.74. The third kappa shape index (κ3) is 7.57. The van der Waals surface area contributed by atoms with Crippen LogP contribution in [0.3, 0.4) is 0 Å². The van der Waals surface area contributed by atoms with E-state index in [9.17, 15) is 9.59 Å². The summed E-state index contributed by atoms with van der Waals surface area (Å²) in [6.45, 7) is 14.5. The van der Waals surface area contributed by atoms with E-state index in [1.165, 1.54) is 27.6 Å². The molecule has 2 aliphatic rings. The molecule has 6 rings (SSSR count). The number of carbonyl (C=O) groups excluding carboxylic acids is 2. The highest BCUT2D eigenvalue weighted by atomic mass is 16.6. The minimum atomic E-state index is -0.520. The normalized spacial score (nSPS) is 16.8. The van der Waals surface area contributed by atoms with Crippen LogP contribution in [-0.4, -0.2) is 64.2 Å². The van der Waals surface area contributed by atoms with Gasteiger partial charge in [0.1, 0.15) is 12.1 Å². The third-order valence-corrected chi connectivity index (χ3v) is 9.86. The van der Waals surface area contributed by atoms with Crippen LogP contribution in [0, 0.1) is 13.8 Å². The van der Waals surface area contributed by atoms with Gasteiger partial charge in [0.25, 0.3) is 0 Å². The minimum Gasteiger partial charge on any atom is -0.444 e. The Hall–Kier alpha value is -4.10. The Bertz CT molecular complexity index is 1680. The van der Waals surface area contributed by atoms with Crippen LogP contribution in [0.5, 0.6) is 0 Å². The smallest absolute Gasteiger partial charge is 0.410 e. The zero-order chi connectivity index (χ0) is 33.1. The van der Waals surface area contributed by atoms with Gasteiger partial charge in [-0.1, -0.05) is 66.7 Å². The minimum absolute atomic E-state index is 0.000354. The predicted molar refractivity (Wildman–Crippen MR) is 190 cm³/mol. The van der Waals surface area contributed by atoms with E-state index in [4.69, 9.17) is 4.74 Å². The number of hydrogen-bond donors (Lipinski definition) is 1. The predicted octanol–water partition coefficient (Wildman–Crippen LogP) is 7.82. The number of carbonyl (C=O) groups is 2. The maximum atomic E-state index is 13.7. The standard InChI is InChI=1S/C40H50N4O3/c1-28-12-11-13-29(2)37(28)30-18-22-42(23-19-30)26-34-33-16-9-10-17-35(33)44(38(34)31-14-7-6-8-15-31)27-36(45)41-32-20-24-43(25-21-32)39(46)47-40(3,4)5/h6-17,30,32H,18-27H2,1-5H3,(H,41,45). The van der Waals surface area contributed by atoms with Gasteiger partial charge in [-0.05, 0) is 113 Å². The van der Waals surface area contributed by atoms with Crippen LogP contribution in [0.15, 0.2) is 72.8 Å². The molecule has 0 spiro atoms. The van der Waals surface area contributed by atoms with Gasteiger partial charge < -0.3 is 19.5 Å². The highest BCUT2D eigenvalue weighted by Gasteiger charge is 2.29. The van der Waals surface area contributed by atoms with E-state index < -0.39 is 5.60 Å². The number of benzene rings is 3. The highest BCUT2D eigenvalue weighted by molar-refractivity contribution is 5.93. The zero-order valence-electron chi connectivity index (χ0n) is 28.7. The molecule has 0 atom stereocenters. The number of nitrogens with zero attached hydrogens (tertiary/aromatic N) is 3. The molecule has 3 heterocycles. The highest BCUT2D eigenvalue weighted by Crippen LogP contribution is 2.37.